The molecule has 0 aromatic heterocycles. The minimum atomic E-state index is -3.02. The molecule has 6 heteroatoms. The fourth-order valence-electron chi connectivity index (χ4n) is 1.82. The lowest BCUT2D eigenvalue weighted by Gasteiger charge is -2.31. The van der Waals surface area contributed by atoms with Gasteiger partial charge in [-0.05, 0) is 18.8 Å². The van der Waals surface area contributed by atoms with Crippen molar-refractivity contribution in [3.05, 3.63) is 0 Å². The summed E-state index contributed by atoms with van der Waals surface area (Å²) in [5.74, 6) is 0.257. The van der Waals surface area contributed by atoms with E-state index < -0.39 is 10.0 Å². The van der Waals surface area contributed by atoms with Crippen LogP contribution in [0.5, 0.6) is 0 Å². The lowest BCUT2D eigenvalue weighted by molar-refractivity contribution is 0.220. The van der Waals surface area contributed by atoms with Crippen LogP contribution in [0.3, 0.4) is 0 Å². The van der Waals surface area contributed by atoms with Gasteiger partial charge in [0, 0.05) is 32.3 Å². The van der Waals surface area contributed by atoms with E-state index in [4.69, 9.17) is 5.11 Å². The molecule has 16 heavy (non-hydrogen) atoms. The molecule has 1 saturated heterocycles. The Morgan fingerprint density at radius 2 is 2.00 bits per heavy atom. The number of rotatable bonds is 5. The number of piperidine rings is 1. The first kappa shape index (κ1) is 13.9. The van der Waals surface area contributed by atoms with Gasteiger partial charge in [0.15, 0.2) is 0 Å². The van der Waals surface area contributed by atoms with E-state index in [2.05, 4.69) is 5.32 Å². The third-order valence-electron chi connectivity index (χ3n) is 2.99. The van der Waals surface area contributed by atoms with Gasteiger partial charge in [-0.25, -0.2) is 12.7 Å². The maximum absolute atomic E-state index is 11.3. The zero-order valence-corrected chi connectivity index (χ0v) is 10.8. The minimum absolute atomic E-state index is 0.190. The summed E-state index contributed by atoms with van der Waals surface area (Å²) in [7, 11) is -3.02. The highest BCUT2D eigenvalue weighted by Crippen LogP contribution is 2.13. The molecule has 5 nitrogen and oxygen atoms in total. The molecule has 1 aliphatic heterocycles. The Morgan fingerprint density at radius 3 is 2.44 bits per heavy atom. The molecule has 1 unspecified atom stereocenters. The number of nitrogens with one attached hydrogen (secondary N) is 1. The number of sulfonamides is 1. The van der Waals surface area contributed by atoms with Crippen molar-refractivity contribution >= 4 is 10.0 Å². The van der Waals surface area contributed by atoms with Gasteiger partial charge in [-0.15, -0.1) is 0 Å². The van der Waals surface area contributed by atoms with Crippen molar-refractivity contribution < 1.29 is 13.5 Å². The standard InChI is InChI=1S/C10H22N2O3S/c1-9(8-13)7-11-10-3-5-12(6-4-10)16(2,14)15/h9-11,13H,3-8H2,1-2H3. The number of hydrogen-bond donors (Lipinski definition) is 2. The number of hydrogen-bond acceptors (Lipinski definition) is 4. The van der Waals surface area contributed by atoms with Crippen LogP contribution in [-0.4, -0.2) is 56.4 Å². The van der Waals surface area contributed by atoms with Crippen LogP contribution >= 0.6 is 0 Å². The second kappa shape index (κ2) is 5.95. The summed E-state index contributed by atoms with van der Waals surface area (Å²) in [6, 6.07) is 0.381. The average molecular weight is 250 g/mol. The fourth-order valence-corrected chi connectivity index (χ4v) is 2.70. The number of aliphatic hydroxyl groups is 1. The van der Waals surface area contributed by atoms with E-state index in [1.54, 1.807) is 0 Å². The van der Waals surface area contributed by atoms with E-state index in [1.165, 1.54) is 10.6 Å². The van der Waals surface area contributed by atoms with Gasteiger partial charge in [0.25, 0.3) is 0 Å². The predicted molar refractivity (Wildman–Crippen MR) is 63.7 cm³/mol. The third kappa shape index (κ3) is 4.37. The molecule has 96 valence electrons. The molecule has 1 rings (SSSR count). The van der Waals surface area contributed by atoms with Crippen molar-refractivity contribution in [2.75, 3.05) is 32.5 Å². The highest BCUT2D eigenvalue weighted by Gasteiger charge is 2.24. The van der Waals surface area contributed by atoms with Crippen molar-refractivity contribution in [3.8, 4) is 0 Å². The van der Waals surface area contributed by atoms with Crippen LogP contribution in [0.25, 0.3) is 0 Å². The molecule has 0 spiro atoms. The SMILES string of the molecule is CC(CO)CNC1CCN(S(C)(=O)=O)CC1. The third-order valence-corrected chi connectivity index (χ3v) is 4.29. The molecule has 0 bridgehead atoms. The molecule has 1 aliphatic rings. The first-order chi connectivity index (χ1) is 7.43. The van der Waals surface area contributed by atoms with Gasteiger partial charge >= 0.3 is 0 Å². The molecular weight excluding hydrogens is 228 g/mol. The molecule has 1 fully saturated rings. The van der Waals surface area contributed by atoms with Crippen LogP contribution in [0.4, 0.5) is 0 Å². The van der Waals surface area contributed by atoms with Crippen LogP contribution in [0.15, 0.2) is 0 Å². The predicted octanol–water partition coefficient (Wildman–Crippen LogP) is -0.372. The molecule has 1 heterocycles. The van der Waals surface area contributed by atoms with Crippen molar-refractivity contribution in [3.63, 3.8) is 0 Å². The van der Waals surface area contributed by atoms with Crippen molar-refractivity contribution in [1.29, 1.82) is 0 Å². The quantitative estimate of drug-likeness (QED) is 0.698. The first-order valence-corrected chi connectivity index (χ1v) is 7.57. The van der Waals surface area contributed by atoms with E-state index in [-0.39, 0.29) is 12.5 Å². The minimum Gasteiger partial charge on any atom is -0.396 e. The maximum atomic E-state index is 11.3. The lowest BCUT2D eigenvalue weighted by Crippen LogP contribution is -2.45. The summed E-state index contributed by atoms with van der Waals surface area (Å²) in [5, 5.41) is 12.2. The summed E-state index contributed by atoms with van der Waals surface area (Å²) >= 11 is 0. The average Bonchev–Trinajstić information content (AvgIpc) is 2.25. The molecule has 0 radical (unpaired) electrons. The summed E-state index contributed by atoms with van der Waals surface area (Å²) in [5.41, 5.74) is 0. The Hall–Kier alpha value is -0.170. The van der Waals surface area contributed by atoms with Crippen LogP contribution in [0.2, 0.25) is 0 Å². The van der Waals surface area contributed by atoms with Gasteiger partial charge in [-0.2, -0.15) is 0 Å². The fraction of sp³-hybridized carbons (Fsp3) is 1.00. The molecular formula is C10H22N2O3S. The van der Waals surface area contributed by atoms with Crippen molar-refractivity contribution in [2.45, 2.75) is 25.8 Å². The van der Waals surface area contributed by atoms with Gasteiger partial charge in [0.2, 0.25) is 10.0 Å². The van der Waals surface area contributed by atoms with Crippen molar-refractivity contribution in [2.24, 2.45) is 5.92 Å². The normalized spacial score (nSPS) is 22.2. The van der Waals surface area contributed by atoms with Gasteiger partial charge < -0.3 is 10.4 Å². The molecule has 0 saturated carbocycles. The topological polar surface area (TPSA) is 69.6 Å². The first-order valence-electron chi connectivity index (χ1n) is 5.73. The molecule has 0 amide bonds. The lowest BCUT2D eigenvalue weighted by atomic mass is 10.1. The summed E-state index contributed by atoms with van der Waals surface area (Å²) in [6.07, 6.45) is 2.96. The molecule has 0 aliphatic carbocycles. The van der Waals surface area contributed by atoms with Crippen LogP contribution in [-0.2, 0) is 10.0 Å². The number of aliphatic hydroxyl groups excluding tert-OH is 1. The van der Waals surface area contributed by atoms with E-state index in [9.17, 15) is 8.42 Å². The molecule has 1 atom stereocenters. The molecule has 0 aromatic carbocycles. The van der Waals surface area contributed by atoms with E-state index >= 15 is 0 Å². The van der Waals surface area contributed by atoms with Crippen LogP contribution < -0.4 is 5.32 Å². The van der Waals surface area contributed by atoms with E-state index in [0.29, 0.717) is 19.1 Å². The maximum Gasteiger partial charge on any atom is 0.211 e. The zero-order chi connectivity index (χ0) is 12.2. The van der Waals surface area contributed by atoms with Crippen LogP contribution in [0.1, 0.15) is 19.8 Å². The Morgan fingerprint density at radius 1 is 1.44 bits per heavy atom. The van der Waals surface area contributed by atoms with Gasteiger partial charge in [0.05, 0.1) is 6.26 Å². The van der Waals surface area contributed by atoms with Gasteiger partial charge in [-0.3, -0.25) is 0 Å². The monoisotopic (exact) mass is 250 g/mol. The summed E-state index contributed by atoms with van der Waals surface area (Å²) in [4.78, 5) is 0. The van der Waals surface area contributed by atoms with Crippen molar-refractivity contribution in [1.82, 2.24) is 9.62 Å². The largest absolute Gasteiger partial charge is 0.396 e. The number of nitrogens with zero attached hydrogens (tertiary/aromatic N) is 1. The highest BCUT2D eigenvalue weighted by molar-refractivity contribution is 7.88. The van der Waals surface area contributed by atoms with E-state index in [1.807, 2.05) is 6.92 Å². The van der Waals surface area contributed by atoms with Crippen LogP contribution in [0, 0.1) is 5.92 Å². The van der Waals surface area contributed by atoms with Gasteiger partial charge in [-0.1, -0.05) is 6.92 Å². The van der Waals surface area contributed by atoms with Gasteiger partial charge in [0.1, 0.15) is 0 Å². The zero-order valence-electron chi connectivity index (χ0n) is 10.0. The summed E-state index contributed by atoms with van der Waals surface area (Å²) < 4.78 is 24.1. The Kier molecular flexibility index (Phi) is 5.17. The second-order valence-corrected chi connectivity index (χ2v) is 6.61. The van der Waals surface area contributed by atoms with E-state index in [0.717, 1.165) is 19.4 Å². The Bertz CT molecular complexity index is 297. The smallest absolute Gasteiger partial charge is 0.211 e. The Balaban J connectivity index is 2.27. The summed E-state index contributed by atoms with van der Waals surface area (Å²) in [6.45, 7) is 4.17. The molecule has 0 aromatic rings. The highest BCUT2D eigenvalue weighted by atomic mass is 32.2. The Labute approximate surface area is 97.9 Å². The molecule has 2 N–H and O–H groups in total. The second-order valence-electron chi connectivity index (χ2n) is 4.63.